The molecule has 0 spiro atoms. The highest BCUT2D eigenvalue weighted by atomic mass is 19.1. The highest BCUT2D eigenvalue weighted by molar-refractivity contribution is 5.80. The number of nitrogens with zero attached hydrogens (tertiary/aromatic N) is 1. The molecule has 0 saturated carbocycles. The van der Waals surface area contributed by atoms with Crippen LogP contribution in [0.2, 0.25) is 0 Å². The molecule has 1 N–H and O–H groups in total. The maximum atomic E-state index is 13.5. The van der Waals surface area contributed by atoms with Gasteiger partial charge in [-0.1, -0.05) is 6.07 Å². The van der Waals surface area contributed by atoms with Crippen LogP contribution in [-0.2, 0) is 11.3 Å². The highest BCUT2D eigenvalue weighted by Crippen LogP contribution is 2.18. The van der Waals surface area contributed by atoms with E-state index in [1.54, 1.807) is 6.07 Å². The lowest BCUT2D eigenvalue weighted by molar-refractivity contribution is 0.145. The number of hydrogen-bond acceptors (Lipinski definition) is 2. The Morgan fingerprint density at radius 3 is 3.00 bits per heavy atom. The zero-order chi connectivity index (χ0) is 13.5. The minimum Gasteiger partial charge on any atom is -0.382 e. The largest absolute Gasteiger partial charge is 0.382 e. The van der Waals surface area contributed by atoms with Crippen molar-refractivity contribution in [2.75, 3.05) is 26.3 Å². The Bertz CT molecular complexity index is 510. The van der Waals surface area contributed by atoms with Crippen molar-refractivity contribution in [3.8, 4) is 0 Å². The molecular weight excluding hydrogens is 243 g/mol. The Labute approximate surface area is 113 Å². The van der Waals surface area contributed by atoms with Crippen LogP contribution in [0.5, 0.6) is 0 Å². The fourth-order valence-electron chi connectivity index (χ4n) is 2.15. The normalized spacial score (nSPS) is 11.3. The lowest BCUT2D eigenvalue weighted by Gasteiger charge is -2.07. The zero-order valence-electron chi connectivity index (χ0n) is 11.4. The molecule has 0 amide bonds. The minimum absolute atomic E-state index is 0.152. The summed E-state index contributed by atoms with van der Waals surface area (Å²) in [5, 5.41) is 4.06. The molecule has 0 unspecified atom stereocenters. The van der Waals surface area contributed by atoms with Crippen LogP contribution in [0, 0.1) is 5.82 Å². The first-order valence-electron chi connectivity index (χ1n) is 6.84. The van der Waals surface area contributed by atoms with E-state index in [9.17, 15) is 4.39 Å². The summed E-state index contributed by atoms with van der Waals surface area (Å²) >= 11 is 0. The van der Waals surface area contributed by atoms with Gasteiger partial charge >= 0.3 is 0 Å². The van der Waals surface area contributed by atoms with Gasteiger partial charge < -0.3 is 14.6 Å². The molecule has 0 aliphatic carbocycles. The Kier molecular flexibility index (Phi) is 5.36. The van der Waals surface area contributed by atoms with Crippen molar-refractivity contribution < 1.29 is 9.13 Å². The lowest BCUT2D eigenvalue weighted by Crippen LogP contribution is -2.21. The number of benzene rings is 1. The summed E-state index contributed by atoms with van der Waals surface area (Å²) in [6.07, 6.45) is 2.96. The Morgan fingerprint density at radius 2 is 2.16 bits per heavy atom. The Morgan fingerprint density at radius 1 is 1.26 bits per heavy atom. The molecule has 2 aromatic rings. The van der Waals surface area contributed by atoms with E-state index in [-0.39, 0.29) is 5.82 Å². The van der Waals surface area contributed by atoms with Crippen molar-refractivity contribution in [3.05, 3.63) is 36.3 Å². The summed E-state index contributed by atoms with van der Waals surface area (Å²) in [4.78, 5) is 0. The molecule has 0 fully saturated rings. The molecule has 4 heteroatoms. The lowest BCUT2D eigenvalue weighted by atomic mass is 10.2. The first-order chi connectivity index (χ1) is 9.33. The molecular formula is C15H21FN2O. The maximum absolute atomic E-state index is 13.5. The van der Waals surface area contributed by atoms with Crippen LogP contribution in [-0.4, -0.2) is 30.9 Å². The second-order valence-electron chi connectivity index (χ2n) is 4.48. The topological polar surface area (TPSA) is 26.2 Å². The molecule has 1 heterocycles. The van der Waals surface area contributed by atoms with Gasteiger partial charge in [0.15, 0.2) is 0 Å². The van der Waals surface area contributed by atoms with Gasteiger partial charge in [-0.15, -0.1) is 0 Å². The number of aromatic nitrogens is 1. The van der Waals surface area contributed by atoms with Gasteiger partial charge in [-0.05, 0) is 38.1 Å². The van der Waals surface area contributed by atoms with E-state index in [0.717, 1.165) is 44.8 Å². The van der Waals surface area contributed by atoms with Gasteiger partial charge in [0, 0.05) is 37.9 Å². The van der Waals surface area contributed by atoms with Crippen LogP contribution >= 0.6 is 0 Å². The van der Waals surface area contributed by atoms with Crippen LogP contribution in [0.3, 0.4) is 0 Å². The number of nitrogens with one attached hydrogen (secondary N) is 1. The quantitative estimate of drug-likeness (QED) is 0.742. The van der Waals surface area contributed by atoms with Crippen molar-refractivity contribution in [1.82, 2.24) is 9.88 Å². The van der Waals surface area contributed by atoms with E-state index in [1.165, 1.54) is 6.07 Å². The number of halogens is 1. The molecule has 3 nitrogen and oxygen atoms in total. The van der Waals surface area contributed by atoms with Crippen molar-refractivity contribution in [3.63, 3.8) is 0 Å². The van der Waals surface area contributed by atoms with E-state index in [2.05, 4.69) is 9.88 Å². The van der Waals surface area contributed by atoms with Crippen molar-refractivity contribution in [2.24, 2.45) is 0 Å². The molecule has 19 heavy (non-hydrogen) atoms. The van der Waals surface area contributed by atoms with E-state index in [1.807, 2.05) is 25.3 Å². The molecule has 2 rings (SSSR count). The average Bonchev–Trinajstić information content (AvgIpc) is 2.83. The van der Waals surface area contributed by atoms with Gasteiger partial charge in [-0.2, -0.15) is 0 Å². The van der Waals surface area contributed by atoms with Crippen LogP contribution in [0.1, 0.15) is 13.3 Å². The molecule has 0 bridgehead atoms. The molecule has 0 aliphatic heterocycles. The van der Waals surface area contributed by atoms with Gasteiger partial charge in [-0.25, -0.2) is 4.39 Å². The summed E-state index contributed by atoms with van der Waals surface area (Å²) in [7, 11) is 0. The molecule has 0 aliphatic rings. The van der Waals surface area contributed by atoms with Crippen LogP contribution < -0.4 is 5.32 Å². The zero-order valence-corrected chi connectivity index (χ0v) is 11.4. The smallest absolute Gasteiger partial charge is 0.132 e. The molecule has 0 atom stereocenters. The third-order valence-electron chi connectivity index (χ3n) is 3.14. The maximum Gasteiger partial charge on any atom is 0.132 e. The molecule has 0 saturated heterocycles. The third kappa shape index (κ3) is 3.78. The van der Waals surface area contributed by atoms with Crippen molar-refractivity contribution in [1.29, 1.82) is 0 Å². The second kappa shape index (κ2) is 7.26. The van der Waals surface area contributed by atoms with Crippen molar-refractivity contribution in [2.45, 2.75) is 19.9 Å². The number of hydrogen-bond donors (Lipinski definition) is 1. The van der Waals surface area contributed by atoms with E-state index >= 15 is 0 Å². The molecule has 1 aromatic heterocycles. The van der Waals surface area contributed by atoms with E-state index in [4.69, 9.17) is 4.74 Å². The molecule has 1 aromatic carbocycles. The number of rotatable bonds is 8. The second-order valence-corrected chi connectivity index (χ2v) is 4.48. The van der Waals surface area contributed by atoms with Crippen molar-refractivity contribution >= 4 is 10.9 Å². The summed E-state index contributed by atoms with van der Waals surface area (Å²) in [6.45, 7) is 6.27. The monoisotopic (exact) mass is 264 g/mol. The van der Waals surface area contributed by atoms with Crippen LogP contribution in [0.25, 0.3) is 10.9 Å². The summed E-state index contributed by atoms with van der Waals surface area (Å²) < 4.78 is 20.9. The average molecular weight is 264 g/mol. The van der Waals surface area contributed by atoms with Crippen LogP contribution in [0.4, 0.5) is 4.39 Å². The summed E-state index contributed by atoms with van der Waals surface area (Å²) in [5.41, 5.74) is 0.955. The molecule has 0 radical (unpaired) electrons. The van der Waals surface area contributed by atoms with E-state index < -0.39 is 0 Å². The Hall–Kier alpha value is -1.39. The van der Waals surface area contributed by atoms with E-state index in [0.29, 0.717) is 5.39 Å². The van der Waals surface area contributed by atoms with Gasteiger partial charge in [0.1, 0.15) is 5.82 Å². The highest BCUT2D eigenvalue weighted by Gasteiger charge is 2.04. The first-order valence-corrected chi connectivity index (χ1v) is 6.84. The number of ether oxygens (including phenoxy) is 1. The Balaban J connectivity index is 1.77. The summed E-state index contributed by atoms with van der Waals surface area (Å²) in [6, 6.07) is 7.04. The third-order valence-corrected chi connectivity index (χ3v) is 3.14. The standard InChI is InChI=1S/C15H21FN2O/c1-2-19-12-4-8-17-9-11-18-10-7-13-14(16)5-3-6-15(13)18/h3,5-7,10,17H,2,4,8-9,11-12H2,1H3. The predicted molar refractivity (Wildman–Crippen MR) is 75.9 cm³/mol. The van der Waals surface area contributed by atoms with Crippen LogP contribution in [0.15, 0.2) is 30.5 Å². The fraction of sp³-hybridized carbons (Fsp3) is 0.467. The predicted octanol–water partition coefficient (Wildman–Crippen LogP) is 2.80. The van der Waals surface area contributed by atoms with Gasteiger partial charge in [0.2, 0.25) is 0 Å². The number of fused-ring (bicyclic) bond motifs is 1. The fourth-order valence-corrected chi connectivity index (χ4v) is 2.15. The van der Waals surface area contributed by atoms with Gasteiger partial charge in [0.05, 0.1) is 5.52 Å². The van der Waals surface area contributed by atoms with Gasteiger partial charge in [0.25, 0.3) is 0 Å². The summed E-state index contributed by atoms with van der Waals surface area (Å²) in [5.74, 6) is -0.152. The molecule has 104 valence electrons. The van der Waals surface area contributed by atoms with Gasteiger partial charge in [-0.3, -0.25) is 0 Å². The SMILES string of the molecule is CCOCCCNCCn1ccc2c(F)cccc21. The minimum atomic E-state index is -0.152. The first kappa shape index (κ1) is 14.0.